The summed E-state index contributed by atoms with van der Waals surface area (Å²) in [6.45, 7) is 6.80. The van der Waals surface area contributed by atoms with Gasteiger partial charge in [-0.1, -0.05) is 18.2 Å². The average molecular weight is 406 g/mol. The lowest BCUT2D eigenvalue weighted by Crippen LogP contribution is -2.37. The van der Waals surface area contributed by atoms with Gasteiger partial charge in [0.15, 0.2) is 0 Å². The summed E-state index contributed by atoms with van der Waals surface area (Å²) in [6, 6.07) is 12.4. The number of carbonyl (C=O) groups excluding carboxylic acids is 3. The summed E-state index contributed by atoms with van der Waals surface area (Å²) in [5.41, 5.74) is 2.86. The highest BCUT2D eigenvalue weighted by Gasteiger charge is 2.38. The van der Waals surface area contributed by atoms with Crippen LogP contribution in [0.5, 0.6) is 0 Å². The summed E-state index contributed by atoms with van der Waals surface area (Å²) in [5.74, 6) is -0.865. The van der Waals surface area contributed by atoms with Gasteiger partial charge in [-0.05, 0) is 63.4 Å². The number of rotatable bonds is 5. The van der Waals surface area contributed by atoms with Crippen molar-refractivity contribution in [3.05, 3.63) is 64.7 Å². The third-order valence-electron chi connectivity index (χ3n) is 5.74. The lowest BCUT2D eigenvalue weighted by molar-refractivity contribution is 0.0475. The first kappa shape index (κ1) is 20.3. The van der Waals surface area contributed by atoms with Gasteiger partial charge in [0.1, 0.15) is 0 Å². The molecule has 0 bridgehead atoms. The molecule has 1 saturated heterocycles. The Hall–Kier alpha value is -2.99. The fourth-order valence-electron chi connectivity index (χ4n) is 4.18. The molecule has 0 radical (unpaired) electrons. The molecule has 0 N–H and O–H groups in total. The second-order valence-electron chi connectivity index (χ2n) is 8.17. The Labute approximate surface area is 176 Å². The van der Waals surface area contributed by atoms with Crippen LogP contribution in [-0.4, -0.2) is 47.9 Å². The lowest BCUT2D eigenvalue weighted by atomic mass is 10.0. The topological polar surface area (TPSA) is 66.9 Å². The highest BCUT2D eigenvalue weighted by atomic mass is 16.5. The van der Waals surface area contributed by atoms with Crippen LogP contribution in [0.15, 0.2) is 42.5 Å². The fraction of sp³-hybridized carbons (Fsp3) is 0.375. The van der Waals surface area contributed by atoms with E-state index < -0.39 is 0 Å². The molecule has 2 aliphatic rings. The van der Waals surface area contributed by atoms with Gasteiger partial charge in [-0.25, -0.2) is 0 Å². The van der Waals surface area contributed by atoms with Crippen molar-refractivity contribution in [3.8, 4) is 0 Å². The monoisotopic (exact) mass is 406 g/mol. The van der Waals surface area contributed by atoms with E-state index in [4.69, 9.17) is 4.74 Å². The molecule has 156 valence electrons. The van der Waals surface area contributed by atoms with Gasteiger partial charge in [-0.2, -0.15) is 0 Å². The summed E-state index contributed by atoms with van der Waals surface area (Å²) >= 11 is 0. The van der Waals surface area contributed by atoms with Crippen molar-refractivity contribution in [1.29, 1.82) is 0 Å². The zero-order valence-electron chi connectivity index (χ0n) is 17.6. The van der Waals surface area contributed by atoms with Crippen LogP contribution in [0.2, 0.25) is 0 Å². The summed E-state index contributed by atoms with van der Waals surface area (Å²) in [6.07, 6.45) is 1.68. The Balaban J connectivity index is 1.64. The Kier molecular flexibility index (Phi) is 5.43. The highest BCUT2D eigenvalue weighted by Crippen LogP contribution is 2.28. The van der Waals surface area contributed by atoms with E-state index in [-0.39, 0.29) is 42.0 Å². The minimum atomic E-state index is -0.355. The molecule has 0 aliphatic carbocycles. The summed E-state index contributed by atoms with van der Waals surface area (Å²) in [7, 11) is 0. The molecule has 30 heavy (non-hydrogen) atoms. The van der Waals surface area contributed by atoms with Gasteiger partial charge in [0, 0.05) is 23.9 Å². The van der Waals surface area contributed by atoms with Crippen molar-refractivity contribution in [2.75, 3.05) is 18.1 Å². The van der Waals surface area contributed by atoms with E-state index in [1.54, 1.807) is 23.1 Å². The number of amides is 3. The third-order valence-corrected chi connectivity index (χ3v) is 5.74. The molecule has 2 aromatic rings. The van der Waals surface area contributed by atoms with Crippen LogP contribution in [-0.2, 0) is 4.74 Å². The molecular formula is C24H26N2O4. The highest BCUT2D eigenvalue weighted by molar-refractivity contribution is 6.22. The maximum absolute atomic E-state index is 13.4. The first-order valence-electron chi connectivity index (χ1n) is 10.4. The van der Waals surface area contributed by atoms with E-state index in [1.165, 1.54) is 4.90 Å². The van der Waals surface area contributed by atoms with Gasteiger partial charge in [0.25, 0.3) is 17.7 Å². The molecule has 1 atom stereocenters. The maximum Gasteiger partial charge on any atom is 0.261 e. The first-order valence-corrected chi connectivity index (χ1v) is 10.4. The van der Waals surface area contributed by atoms with Gasteiger partial charge in [-0.15, -0.1) is 0 Å². The average Bonchev–Trinajstić information content (AvgIpc) is 3.32. The number of nitrogens with zero attached hydrogens (tertiary/aromatic N) is 2. The first-order chi connectivity index (χ1) is 14.4. The lowest BCUT2D eigenvalue weighted by Gasteiger charge is -2.28. The number of hydrogen-bond acceptors (Lipinski definition) is 4. The van der Waals surface area contributed by atoms with Crippen LogP contribution in [0, 0.1) is 6.92 Å². The Morgan fingerprint density at radius 1 is 1.13 bits per heavy atom. The van der Waals surface area contributed by atoms with E-state index in [2.05, 4.69) is 0 Å². The molecule has 0 saturated carbocycles. The number of carbonyl (C=O) groups is 3. The molecule has 2 aromatic carbocycles. The van der Waals surface area contributed by atoms with E-state index in [0.29, 0.717) is 17.7 Å². The van der Waals surface area contributed by atoms with Crippen LogP contribution in [0.4, 0.5) is 5.69 Å². The molecule has 6 heteroatoms. The predicted octanol–water partition coefficient (Wildman–Crippen LogP) is 3.83. The minimum absolute atomic E-state index is 0.0693. The number of fused-ring (bicyclic) bond motifs is 1. The smallest absolute Gasteiger partial charge is 0.261 e. The SMILES string of the molecule is Cc1ccccc1N(C(=O)c1ccc2c(c1)C(=O)N(CC1CCCO1)C2=O)C(C)C. The second kappa shape index (κ2) is 8.03. The number of ether oxygens (including phenoxy) is 1. The fourth-order valence-corrected chi connectivity index (χ4v) is 4.18. The number of para-hydroxylation sites is 1. The van der Waals surface area contributed by atoms with Crippen LogP contribution in [0.3, 0.4) is 0 Å². The van der Waals surface area contributed by atoms with E-state index in [9.17, 15) is 14.4 Å². The van der Waals surface area contributed by atoms with Crippen LogP contribution in [0.1, 0.15) is 63.3 Å². The molecule has 1 fully saturated rings. The molecule has 2 aliphatic heterocycles. The van der Waals surface area contributed by atoms with Crippen molar-refractivity contribution in [1.82, 2.24) is 4.90 Å². The number of anilines is 1. The summed E-state index contributed by atoms with van der Waals surface area (Å²) < 4.78 is 5.58. The molecule has 6 nitrogen and oxygen atoms in total. The molecule has 1 unspecified atom stereocenters. The third kappa shape index (κ3) is 3.52. The summed E-state index contributed by atoms with van der Waals surface area (Å²) in [5, 5.41) is 0. The van der Waals surface area contributed by atoms with E-state index in [1.807, 2.05) is 45.0 Å². The largest absolute Gasteiger partial charge is 0.376 e. The quantitative estimate of drug-likeness (QED) is 0.708. The summed E-state index contributed by atoms with van der Waals surface area (Å²) in [4.78, 5) is 42.0. The standard InChI is InChI=1S/C24H26N2O4/c1-15(2)26(21-9-5-4-7-16(21)3)22(27)17-10-11-19-20(13-17)24(29)25(23(19)28)14-18-8-6-12-30-18/h4-5,7,9-11,13,15,18H,6,8,12,14H2,1-3H3. The van der Waals surface area contributed by atoms with Crippen molar-refractivity contribution in [2.24, 2.45) is 0 Å². The van der Waals surface area contributed by atoms with Gasteiger partial charge >= 0.3 is 0 Å². The van der Waals surface area contributed by atoms with Crippen molar-refractivity contribution < 1.29 is 19.1 Å². The second-order valence-corrected chi connectivity index (χ2v) is 8.17. The van der Waals surface area contributed by atoms with Crippen molar-refractivity contribution >= 4 is 23.4 Å². The number of imide groups is 1. The normalized spacial score (nSPS) is 18.3. The van der Waals surface area contributed by atoms with Gasteiger partial charge in [-0.3, -0.25) is 19.3 Å². The minimum Gasteiger partial charge on any atom is -0.376 e. The van der Waals surface area contributed by atoms with Gasteiger partial charge < -0.3 is 9.64 Å². The van der Waals surface area contributed by atoms with E-state index in [0.717, 1.165) is 24.1 Å². The number of benzene rings is 2. The molecule has 3 amide bonds. The number of hydrogen-bond donors (Lipinski definition) is 0. The predicted molar refractivity (Wildman–Crippen MR) is 114 cm³/mol. The van der Waals surface area contributed by atoms with Gasteiger partial charge in [0.05, 0.1) is 23.8 Å². The Bertz CT molecular complexity index is 1010. The molecule has 0 aromatic heterocycles. The van der Waals surface area contributed by atoms with Crippen molar-refractivity contribution in [2.45, 2.75) is 45.8 Å². The maximum atomic E-state index is 13.4. The van der Waals surface area contributed by atoms with Gasteiger partial charge in [0.2, 0.25) is 0 Å². The van der Waals surface area contributed by atoms with Crippen LogP contribution < -0.4 is 4.90 Å². The zero-order valence-corrected chi connectivity index (χ0v) is 17.6. The molecule has 2 heterocycles. The molecule has 0 spiro atoms. The van der Waals surface area contributed by atoms with Crippen LogP contribution in [0.25, 0.3) is 0 Å². The van der Waals surface area contributed by atoms with Crippen LogP contribution >= 0.6 is 0 Å². The Morgan fingerprint density at radius 2 is 1.87 bits per heavy atom. The zero-order chi connectivity index (χ0) is 21.4. The van der Waals surface area contributed by atoms with E-state index >= 15 is 0 Å². The molecular weight excluding hydrogens is 380 g/mol. The Morgan fingerprint density at radius 3 is 2.53 bits per heavy atom. The molecule has 4 rings (SSSR count). The number of aryl methyl sites for hydroxylation is 1. The van der Waals surface area contributed by atoms with Crippen molar-refractivity contribution in [3.63, 3.8) is 0 Å².